The molecule has 4 heteroatoms. The zero-order valence-corrected chi connectivity index (χ0v) is 12.2. The minimum absolute atomic E-state index is 0.0812. The molecular formula is C16H23NO3. The molecule has 1 aromatic rings. The van der Waals surface area contributed by atoms with E-state index in [2.05, 4.69) is 5.32 Å². The van der Waals surface area contributed by atoms with Crippen molar-refractivity contribution in [3.05, 3.63) is 29.8 Å². The summed E-state index contributed by atoms with van der Waals surface area (Å²) in [6, 6.07) is 7.52. The molecular weight excluding hydrogens is 254 g/mol. The van der Waals surface area contributed by atoms with E-state index in [0.29, 0.717) is 17.9 Å². The van der Waals surface area contributed by atoms with Crippen LogP contribution in [0, 0.1) is 0 Å². The molecule has 0 bridgehead atoms. The van der Waals surface area contributed by atoms with Crippen molar-refractivity contribution in [2.75, 3.05) is 13.2 Å². The van der Waals surface area contributed by atoms with Crippen LogP contribution in [0.15, 0.2) is 24.3 Å². The van der Waals surface area contributed by atoms with Gasteiger partial charge in [0.1, 0.15) is 12.4 Å². The van der Waals surface area contributed by atoms with Gasteiger partial charge >= 0.3 is 0 Å². The molecule has 110 valence electrons. The number of hydrogen-bond donors (Lipinski definition) is 1. The Morgan fingerprint density at radius 2 is 2.30 bits per heavy atom. The van der Waals surface area contributed by atoms with Crippen LogP contribution in [0.5, 0.6) is 5.75 Å². The minimum Gasteiger partial charge on any atom is -0.490 e. The van der Waals surface area contributed by atoms with Gasteiger partial charge in [0, 0.05) is 12.6 Å². The highest BCUT2D eigenvalue weighted by atomic mass is 16.5. The number of carbonyl (C=O) groups is 1. The third kappa shape index (κ3) is 3.97. The fourth-order valence-corrected chi connectivity index (χ4v) is 2.14. The standard InChI is InChI=1S/C16H23NO3/c1-3-12(2)17-16(18)14-8-4-5-9-15(14)20-11-13-7-6-10-19-13/h4-5,8-9,12-13H,3,6-7,10-11H2,1-2H3,(H,17,18)/t12-,13-/m0/s1. The van der Waals surface area contributed by atoms with E-state index < -0.39 is 0 Å². The molecule has 0 aromatic heterocycles. The average Bonchev–Trinajstić information content (AvgIpc) is 2.98. The topological polar surface area (TPSA) is 47.6 Å². The lowest BCUT2D eigenvalue weighted by Gasteiger charge is -2.16. The average molecular weight is 277 g/mol. The van der Waals surface area contributed by atoms with Crippen molar-refractivity contribution in [2.45, 2.75) is 45.3 Å². The quantitative estimate of drug-likeness (QED) is 0.869. The van der Waals surface area contributed by atoms with Gasteiger partial charge in [0.15, 0.2) is 0 Å². The smallest absolute Gasteiger partial charge is 0.255 e. The molecule has 2 atom stereocenters. The number of amides is 1. The summed E-state index contributed by atoms with van der Waals surface area (Å²) >= 11 is 0. The fraction of sp³-hybridized carbons (Fsp3) is 0.562. The highest BCUT2D eigenvalue weighted by Gasteiger charge is 2.18. The second-order valence-electron chi connectivity index (χ2n) is 5.22. The van der Waals surface area contributed by atoms with E-state index in [9.17, 15) is 4.79 Å². The van der Waals surface area contributed by atoms with Crippen LogP contribution in [-0.2, 0) is 4.74 Å². The summed E-state index contributed by atoms with van der Waals surface area (Å²) in [5, 5.41) is 2.96. The number of nitrogens with one attached hydrogen (secondary N) is 1. The first-order chi connectivity index (χ1) is 9.70. The molecule has 1 aliphatic heterocycles. The van der Waals surface area contributed by atoms with Crippen molar-refractivity contribution in [1.29, 1.82) is 0 Å². The summed E-state index contributed by atoms with van der Waals surface area (Å²) in [6.45, 7) is 5.36. The monoisotopic (exact) mass is 277 g/mol. The van der Waals surface area contributed by atoms with Crippen LogP contribution in [0.1, 0.15) is 43.5 Å². The van der Waals surface area contributed by atoms with Crippen molar-refractivity contribution >= 4 is 5.91 Å². The molecule has 20 heavy (non-hydrogen) atoms. The first-order valence-corrected chi connectivity index (χ1v) is 7.35. The van der Waals surface area contributed by atoms with Crippen LogP contribution in [0.25, 0.3) is 0 Å². The normalized spacial score (nSPS) is 19.6. The number of carbonyl (C=O) groups excluding carboxylic acids is 1. The highest BCUT2D eigenvalue weighted by Crippen LogP contribution is 2.20. The Labute approximate surface area is 120 Å². The van der Waals surface area contributed by atoms with E-state index in [1.165, 1.54) is 0 Å². The summed E-state index contributed by atoms with van der Waals surface area (Å²) in [6.07, 6.45) is 3.18. The predicted octanol–water partition coefficient (Wildman–Crippen LogP) is 2.77. The zero-order chi connectivity index (χ0) is 14.4. The van der Waals surface area contributed by atoms with Gasteiger partial charge in [-0.25, -0.2) is 0 Å². The third-order valence-corrected chi connectivity index (χ3v) is 3.57. The van der Waals surface area contributed by atoms with Gasteiger partial charge in [-0.1, -0.05) is 19.1 Å². The lowest BCUT2D eigenvalue weighted by molar-refractivity contribution is 0.0670. The Balaban J connectivity index is 1.99. The molecule has 0 saturated carbocycles. The largest absolute Gasteiger partial charge is 0.490 e. The number of para-hydroxylation sites is 1. The molecule has 2 rings (SSSR count). The molecule has 1 aromatic carbocycles. The fourth-order valence-electron chi connectivity index (χ4n) is 2.14. The Hall–Kier alpha value is -1.55. The molecule has 0 aliphatic carbocycles. The van der Waals surface area contributed by atoms with Gasteiger partial charge in [0.2, 0.25) is 0 Å². The number of ether oxygens (including phenoxy) is 2. The molecule has 1 aliphatic rings. The lowest BCUT2D eigenvalue weighted by Crippen LogP contribution is -2.32. The summed E-state index contributed by atoms with van der Waals surface area (Å²) in [5.74, 6) is 0.547. The second kappa shape index (κ2) is 7.29. The van der Waals surface area contributed by atoms with E-state index in [1.807, 2.05) is 32.0 Å². The van der Waals surface area contributed by atoms with Gasteiger partial charge in [0.25, 0.3) is 5.91 Å². The van der Waals surface area contributed by atoms with Gasteiger partial charge in [-0.2, -0.15) is 0 Å². The van der Waals surface area contributed by atoms with E-state index in [-0.39, 0.29) is 18.1 Å². The molecule has 0 spiro atoms. The summed E-state index contributed by atoms with van der Waals surface area (Å²) in [4.78, 5) is 12.2. The summed E-state index contributed by atoms with van der Waals surface area (Å²) in [5.41, 5.74) is 0.589. The molecule has 1 fully saturated rings. The minimum atomic E-state index is -0.0812. The Morgan fingerprint density at radius 1 is 1.50 bits per heavy atom. The van der Waals surface area contributed by atoms with Crippen molar-refractivity contribution in [1.82, 2.24) is 5.32 Å². The molecule has 0 unspecified atom stereocenters. The van der Waals surface area contributed by atoms with Gasteiger partial charge in [-0.3, -0.25) is 4.79 Å². The Kier molecular flexibility index (Phi) is 5.41. The number of hydrogen-bond acceptors (Lipinski definition) is 3. The summed E-state index contributed by atoms with van der Waals surface area (Å²) in [7, 11) is 0. The maximum atomic E-state index is 12.2. The lowest BCUT2D eigenvalue weighted by atomic mass is 10.1. The molecule has 0 radical (unpaired) electrons. The first-order valence-electron chi connectivity index (χ1n) is 7.35. The number of benzene rings is 1. The van der Waals surface area contributed by atoms with E-state index in [4.69, 9.17) is 9.47 Å². The molecule has 1 heterocycles. The van der Waals surface area contributed by atoms with Crippen LogP contribution in [0.3, 0.4) is 0 Å². The SMILES string of the molecule is CC[C@H](C)NC(=O)c1ccccc1OC[C@@H]1CCCO1. The maximum absolute atomic E-state index is 12.2. The van der Waals surface area contributed by atoms with Crippen molar-refractivity contribution in [2.24, 2.45) is 0 Å². The van der Waals surface area contributed by atoms with E-state index in [0.717, 1.165) is 25.9 Å². The highest BCUT2D eigenvalue weighted by molar-refractivity contribution is 5.97. The first kappa shape index (κ1) is 14.9. The Bertz CT molecular complexity index is 441. The molecule has 1 saturated heterocycles. The van der Waals surface area contributed by atoms with Crippen molar-refractivity contribution in [3.63, 3.8) is 0 Å². The second-order valence-corrected chi connectivity index (χ2v) is 5.22. The van der Waals surface area contributed by atoms with Crippen LogP contribution in [-0.4, -0.2) is 31.3 Å². The van der Waals surface area contributed by atoms with E-state index >= 15 is 0 Å². The molecule has 1 amide bonds. The van der Waals surface area contributed by atoms with Crippen LogP contribution in [0.2, 0.25) is 0 Å². The van der Waals surface area contributed by atoms with Gasteiger partial charge in [-0.05, 0) is 38.3 Å². The Morgan fingerprint density at radius 3 is 3.00 bits per heavy atom. The zero-order valence-electron chi connectivity index (χ0n) is 12.2. The van der Waals surface area contributed by atoms with Crippen molar-refractivity contribution in [3.8, 4) is 5.75 Å². The van der Waals surface area contributed by atoms with Crippen LogP contribution in [0.4, 0.5) is 0 Å². The van der Waals surface area contributed by atoms with Crippen molar-refractivity contribution < 1.29 is 14.3 Å². The predicted molar refractivity (Wildman–Crippen MR) is 78.1 cm³/mol. The van der Waals surface area contributed by atoms with E-state index in [1.54, 1.807) is 6.07 Å². The maximum Gasteiger partial charge on any atom is 0.255 e. The number of rotatable bonds is 6. The van der Waals surface area contributed by atoms with Gasteiger partial charge in [-0.15, -0.1) is 0 Å². The summed E-state index contributed by atoms with van der Waals surface area (Å²) < 4.78 is 11.3. The van der Waals surface area contributed by atoms with Gasteiger partial charge < -0.3 is 14.8 Å². The third-order valence-electron chi connectivity index (χ3n) is 3.57. The van der Waals surface area contributed by atoms with Crippen LogP contribution < -0.4 is 10.1 Å². The molecule has 1 N–H and O–H groups in total. The van der Waals surface area contributed by atoms with Gasteiger partial charge in [0.05, 0.1) is 11.7 Å². The molecule has 4 nitrogen and oxygen atoms in total. The van der Waals surface area contributed by atoms with Crippen LogP contribution >= 0.6 is 0 Å².